The number of rotatable bonds is 6. The molecule has 1 heterocycles. The van der Waals surface area contributed by atoms with E-state index in [4.69, 9.17) is 4.42 Å². The van der Waals surface area contributed by atoms with Crippen LogP contribution in [0.25, 0.3) is 11.5 Å². The molecule has 0 saturated heterocycles. The van der Waals surface area contributed by atoms with Crippen LogP contribution in [0, 0.1) is 12.7 Å². The maximum absolute atomic E-state index is 13.7. The number of nitrogens with one attached hydrogen (secondary N) is 1. The maximum Gasteiger partial charge on any atom is 0.250 e. The summed E-state index contributed by atoms with van der Waals surface area (Å²) in [5.74, 6) is -0.571. The lowest BCUT2D eigenvalue weighted by atomic mass is 10.2. The van der Waals surface area contributed by atoms with E-state index in [-0.39, 0.29) is 29.6 Å². The Hall–Kier alpha value is -2.58. The quantitative estimate of drug-likeness (QED) is 0.730. The zero-order chi connectivity index (χ0) is 17.9. The molecule has 0 aliphatic rings. The highest BCUT2D eigenvalue weighted by Crippen LogP contribution is 2.20. The molecular formula is C17H16FN3O3S. The van der Waals surface area contributed by atoms with Crippen LogP contribution in [0.5, 0.6) is 0 Å². The molecule has 0 aliphatic carbocycles. The molecule has 25 heavy (non-hydrogen) atoms. The summed E-state index contributed by atoms with van der Waals surface area (Å²) in [6.07, 6.45) is 0. The Balaban J connectivity index is 1.66. The summed E-state index contributed by atoms with van der Waals surface area (Å²) in [6.45, 7) is 1.74. The molecule has 8 heteroatoms. The van der Waals surface area contributed by atoms with E-state index in [0.717, 1.165) is 5.56 Å². The average Bonchev–Trinajstić information content (AvgIpc) is 3.02. The van der Waals surface area contributed by atoms with Gasteiger partial charge >= 0.3 is 0 Å². The number of aromatic nitrogens is 2. The smallest absolute Gasteiger partial charge is 0.250 e. The Bertz CT molecular complexity index is 986. The second kappa shape index (κ2) is 7.12. The third-order valence-electron chi connectivity index (χ3n) is 3.45. The SMILES string of the molecule is Cc1cccc(CS(=O)(=O)NCc2nnc(-c3ccccc3F)o2)c1. The van der Waals surface area contributed by atoms with Gasteiger partial charge in [-0.1, -0.05) is 42.0 Å². The molecule has 0 aliphatic heterocycles. The van der Waals surface area contributed by atoms with Crippen molar-refractivity contribution < 1.29 is 17.2 Å². The first-order valence-electron chi connectivity index (χ1n) is 7.53. The zero-order valence-electron chi connectivity index (χ0n) is 13.4. The van der Waals surface area contributed by atoms with Crippen molar-refractivity contribution in [3.05, 3.63) is 71.4 Å². The Kier molecular flexibility index (Phi) is 4.91. The monoisotopic (exact) mass is 361 g/mol. The zero-order valence-corrected chi connectivity index (χ0v) is 14.3. The summed E-state index contributed by atoms with van der Waals surface area (Å²) in [5.41, 5.74) is 1.84. The number of hydrogen-bond donors (Lipinski definition) is 1. The fourth-order valence-corrected chi connectivity index (χ4v) is 3.38. The fourth-order valence-electron chi connectivity index (χ4n) is 2.31. The van der Waals surface area contributed by atoms with Gasteiger partial charge in [0.05, 0.1) is 17.9 Å². The highest BCUT2D eigenvalue weighted by atomic mass is 32.2. The standard InChI is InChI=1S/C17H16FN3O3S/c1-12-5-4-6-13(9-12)11-25(22,23)19-10-16-20-21-17(24-16)14-7-2-3-8-15(14)18/h2-9,19H,10-11H2,1H3. The third-order valence-corrected chi connectivity index (χ3v) is 4.75. The minimum absolute atomic E-state index is 0.00554. The second-order valence-electron chi connectivity index (χ2n) is 5.55. The highest BCUT2D eigenvalue weighted by molar-refractivity contribution is 7.88. The summed E-state index contributed by atoms with van der Waals surface area (Å²) < 4.78 is 45.7. The maximum atomic E-state index is 13.7. The van der Waals surface area contributed by atoms with Crippen LogP contribution in [0.2, 0.25) is 0 Å². The van der Waals surface area contributed by atoms with Crippen molar-refractivity contribution in [2.24, 2.45) is 0 Å². The average molecular weight is 361 g/mol. The predicted molar refractivity (Wildman–Crippen MR) is 90.3 cm³/mol. The first kappa shape index (κ1) is 17.2. The van der Waals surface area contributed by atoms with Crippen molar-refractivity contribution in [2.45, 2.75) is 19.2 Å². The lowest BCUT2D eigenvalue weighted by Crippen LogP contribution is -2.24. The Morgan fingerprint density at radius 2 is 1.92 bits per heavy atom. The first-order chi connectivity index (χ1) is 11.9. The van der Waals surface area contributed by atoms with E-state index in [2.05, 4.69) is 14.9 Å². The van der Waals surface area contributed by atoms with Gasteiger partial charge in [0.15, 0.2) is 0 Å². The molecule has 1 N–H and O–H groups in total. The number of benzene rings is 2. The molecule has 0 saturated carbocycles. The number of aryl methyl sites for hydroxylation is 1. The Morgan fingerprint density at radius 3 is 2.68 bits per heavy atom. The second-order valence-corrected chi connectivity index (χ2v) is 7.36. The van der Waals surface area contributed by atoms with E-state index in [1.165, 1.54) is 12.1 Å². The number of halogens is 1. The molecule has 0 unspecified atom stereocenters. The number of nitrogens with zero attached hydrogens (tertiary/aromatic N) is 2. The van der Waals surface area contributed by atoms with Crippen LogP contribution in [0.1, 0.15) is 17.0 Å². The molecule has 3 aromatic rings. The predicted octanol–water partition coefficient (Wildman–Crippen LogP) is 2.80. The van der Waals surface area contributed by atoms with Crippen LogP contribution in [0.4, 0.5) is 4.39 Å². The van der Waals surface area contributed by atoms with Crippen LogP contribution in [0.3, 0.4) is 0 Å². The molecule has 2 aromatic carbocycles. The third kappa shape index (κ3) is 4.49. The Labute approximate surface area is 144 Å². The van der Waals surface area contributed by atoms with Crippen molar-refractivity contribution in [3.63, 3.8) is 0 Å². The molecule has 0 bridgehead atoms. The normalized spacial score (nSPS) is 11.6. The topological polar surface area (TPSA) is 85.1 Å². The van der Waals surface area contributed by atoms with Crippen LogP contribution in [-0.2, 0) is 22.3 Å². The van der Waals surface area contributed by atoms with E-state index < -0.39 is 15.8 Å². The van der Waals surface area contributed by atoms with Gasteiger partial charge in [0, 0.05) is 0 Å². The van der Waals surface area contributed by atoms with Crippen LogP contribution in [0.15, 0.2) is 52.9 Å². The molecule has 6 nitrogen and oxygen atoms in total. The van der Waals surface area contributed by atoms with Gasteiger partial charge in [-0.25, -0.2) is 17.5 Å². The van der Waals surface area contributed by atoms with E-state index >= 15 is 0 Å². The van der Waals surface area contributed by atoms with Crippen molar-refractivity contribution in [2.75, 3.05) is 0 Å². The molecule has 130 valence electrons. The molecule has 1 aromatic heterocycles. The van der Waals surface area contributed by atoms with Crippen LogP contribution in [-0.4, -0.2) is 18.6 Å². The molecule has 3 rings (SSSR count). The highest BCUT2D eigenvalue weighted by Gasteiger charge is 2.16. The van der Waals surface area contributed by atoms with Crippen molar-refractivity contribution in [1.82, 2.24) is 14.9 Å². The van der Waals surface area contributed by atoms with Crippen molar-refractivity contribution >= 4 is 10.0 Å². The number of sulfonamides is 1. The molecule has 0 radical (unpaired) electrons. The van der Waals surface area contributed by atoms with Gasteiger partial charge in [0.2, 0.25) is 15.9 Å². The van der Waals surface area contributed by atoms with E-state index in [0.29, 0.717) is 5.56 Å². The van der Waals surface area contributed by atoms with Crippen molar-refractivity contribution in [1.29, 1.82) is 0 Å². The van der Waals surface area contributed by atoms with Gasteiger partial charge in [0.1, 0.15) is 5.82 Å². The fraction of sp³-hybridized carbons (Fsp3) is 0.176. The van der Waals surface area contributed by atoms with Gasteiger partial charge in [0.25, 0.3) is 5.89 Å². The van der Waals surface area contributed by atoms with Gasteiger partial charge in [-0.15, -0.1) is 10.2 Å². The minimum atomic E-state index is -3.56. The van der Waals surface area contributed by atoms with E-state index in [9.17, 15) is 12.8 Å². The summed E-state index contributed by atoms with van der Waals surface area (Å²) in [7, 11) is -3.56. The summed E-state index contributed by atoms with van der Waals surface area (Å²) in [4.78, 5) is 0. The Morgan fingerprint density at radius 1 is 1.12 bits per heavy atom. The van der Waals surface area contributed by atoms with Gasteiger partial charge < -0.3 is 4.42 Å². The van der Waals surface area contributed by atoms with Gasteiger partial charge in [-0.3, -0.25) is 0 Å². The molecule has 0 atom stereocenters. The van der Waals surface area contributed by atoms with E-state index in [1.807, 2.05) is 19.1 Å². The summed E-state index contributed by atoms with van der Waals surface area (Å²) in [6, 6.07) is 13.2. The van der Waals surface area contributed by atoms with Crippen LogP contribution >= 0.6 is 0 Å². The number of hydrogen-bond acceptors (Lipinski definition) is 5. The van der Waals surface area contributed by atoms with Crippen LogP contribution < -0.4 is 4.72 Å². The summed E-state index contributed by atoms with van der Waals surface area (Å²) in [5, 5.41) is 7.50. The lowest BCUT2D eigenvalue weighted by Gasteiger charge is -2.05. The molecular weight excluding hydrogens is 345 g/mol. The van der Waals surface area contributed by atoms with Gasteiger partial charge in [-0.2, -0.15) is 0 Å². The molecule has 0 spiro atoms. The van der Waals surface area contributed by atoms with Gasteiger partial charge in [-0.05, 0) is 24.6 Å². The first-order valence-corrected chi connectivity index (χ1v) is 9.18. The van der Waals surface area contributed by atoms with E-state index in [1.54, 1.807) is 24.3 Å². The molecule has 0 fully saturated rings. The summed E-state index contributed by atoms with van der Waals surface area (Å²) >= 11 is 0. The minimum Gasteiger partial charge on any atom is -0.419 e. The van der Waals surface area contributed by atoms with Crippen molar-refractivity contribution in [3.8, 4) is 11.5 Å². The lowest BCUT2D eigenvalue weighted by molar-refractivity contribution is 0.490. The molecule has 0 amide bonds. The largest absolute Gasteiger partial charge is 0.419 e.